The minimum absolute atomic E-state index is 0.119. The second-order valence-electron chi connectivity index (χ2n) is 3.54. The van der Waals surface area contributed by atoms with Gasteiger partial charge < -0.3 is 11.1 Å². The molecule has 3 nitrogen and oxygen atoms in total. The molecule has 5 heteroatoms. The van der Waals surface area contributed by atoms with Crippen molar-refractivity contribution in [2.45, 2.75) is 25.8 Å². The fourth-order valence-electron chi connectivity index (χ4n) is 1.17. The summed E-state index contributed by atoms with van der Waals surface area (Å²) in [7, 11) is 0. The third kappa shape index (κ3) is 4.00. The highest BCUT2D eigenvalue weighted by Crippen LogP contribution is 2.25. The van der Waals surface area contributed by atoms with E-state index in [9.17, 15) is 4.79 Å². The molecule has 1 atom stereocenters. The third-order valence-corrected chi connectivity index (χ3v) is 2.72. The Bertz CT molecular complexity index is 382. The topological polar surface area (TPSA) is 55.1 Å². The van der Waals surface area contributed by atoms with Crippen LogP contribution in [0.25, 0.3) is 0 Å². The van der Waals surface area contributed by atoms with E-state index in [2.05, 4.69) is 5.32 Å². The number of nitrogens with two attached hydrogens (primary N) is 1. The molecule has 1 aromatic carbocycles. The first kappa shape index (κ1) is 13.3. The lowest BCUT2D eigenvalue weighted by Gasteiger charge is -2.10. The van der Waals surface area contributed by atoms with Crippen molar-refractivity contribution in [3.8, 4) is 0 Å². The zero-order valence-electron chi connectivity index (χ0n) is 8.97. The Balaban J connectivity index is 2.63. The molecule has 1 unspecified atom stereocenters. The Labute approximate surface area is 105 Å². The van der Waals surface area contributed by atoms with E-state index in [-0.39, 0.29) is 18.4 Å². The van der Waals surface area contributed by atoms with E-state index in [1.807, 2.05) is 6.92 Å². The number of hydrogen-bond donors (Lipinski definition) is 2. The molecule has 1 aromatic rings. The Morgan fingerprint density at radius 3 is 2.75 bits per heavy atom. The lowest BCUT2D eigenvalue weighted by atomic mass is 10.1. The quantitative estimate of drug-likeness (QED) is 0.875. The van der Waals surface area contributed by atoms with Crippen LogP contribution in [-0.2, 0) is 4.79 Å². The summed E-state index contributed by atoms with van der Waals surface area (Å²) >= 11 is 11.7. The van der Waals surface area contributed by atoms with Crippen molar-refractivity contribution in [1.82, 2.24) is 0 Å². The molecule has 0 heterocycles. The van der Waals surface area contributed by atoms with Crippen molar-refractivity contribution in [3.05, 3.63) is 28.2 Å². The van der Waals surface area contributed by atoms with Crippen LogP contribution in [0.15, 0.2) is 18.2 Å². The van der Waals surface area contributed by atoms with E-state index in [0.29, 0.717) is 15.7 Å². The van der Waals surface area contributed by atoms with E-state index in [0.717, 1.165) is 6.42 Å². The first-order valence-corrected chi connectivity index (χ1v) is 5.79. The van der Waals surface area contributed by atoms with Gasteiger partial charge in [0.05, 0.1) is 10.7 Å². The number of carbonyl (C=O) groups excluding carboxylic acids is 1. The Hall–Kier alpha value is -0.770. The molecule has 88 valence electrons. The number of hydrogen-bond acceptors (Lipinski definition) is 2. The van der Waals surface area contributed by atoms with Crippen molar-refractivity contribution < 1.29 is 4.79 Å². The number of halogens is 2. The molecule has 0 spiro atoms. The van der Waals surface area contributed by atoms with Gasteiger partial charge in [0.25, 0.3) is 0 Å². The minimum atomic E-state index is -0.140. The Kier molecular flexibility index (Phi) is 5.06. The van der Waals surface area contributed by atoms with Crippen LogP contribution in [0, 0.1) is 0 Å². The summed E-state index contributed by atoms with van der Waals surface area (Å²) in [5.41, 5.74) is 6.23. The van der Waals surface area contributed by atoms with Gasteiger partial charge in [0, 0.05) is 17.5 Å². The molecule has 0 aliphatic carbocycles. The van der Waals surface area contributed by atoms with Gasteiger partial charge in [0.2, 0.25) is 5.91 Å². The van der Waals surface area contributed by atoms with E-state index in [1.165, 1.54) is 0 Å². The van der Waals surface area contributed by atoms with E-state index in [4.69, 9.17) is 28.9 Å². The monoisotopic (exact) mass is 260 g/mol. The van der Waals surface area contributed by atoms with Gasteiger partial charge in [-0.3, -0.25) is 4.79 Å². The van der Waals surface area contributed by atoms with Gasteiger partial charge in [-0.25, -0.2) is 0 Å². The molecule has 1 rings (SSSR count). The van der Waals surface area contributed by atoms with Gasteiger partial charge >= 0.3 is 0 Å². The second kappa shape index (κ2) is 6.09. The number of anilines is 1. The van der Waals surface area contributed by atoms with E-state index < -0.39 is 0 Å². The molecule has 0 saturated carbocycles. The van der Waals surface area contributed by atoms with Crippen molar-refractivity contribution >= 4 is 34.8 Å². The maximum atomic E-state index is 11.5. The molecule has 0 aliphatic heterocycles. The maximum absolute atomic E-state index is 11.5. The number of rotatable bonds is 4. The molecule has 0 bridgehead atoms. The van der Waals surface area contributed by atoms with Gasteiger partial charge in [0.15, 0.2) is 0 Å². The maximum Gasteiger partial charge on any atom is 0.225 e. The summed E-state index contributed by atoms with van der Waals surface area (Å²) < 4.78 is 0. The van der Waals surface area contributed by atoms with Crippen molar-refractivity contribution in [2.75, 3.05) is 5.32 Å². The Morgan fingerprint density at radius 1 is 1.50 bits per heavy atom. The van der Waals surface area contributed by atoms with E-state index in [1.54, 1.807) is 18.2 Å². The lowest BCUT2D eigenvalue weighted by Crippen LogP contribution is -2.26. The standard InChI is InChI=1S/C11H14Cl2N2O/c1-2-8(14)6-11(16)15-10-4-3-7(12)5-9(10)13/h3-5,8H,2,6,14H2,1H3,(H,15,16). The summed E-state index contributed by atoms with van der Waals surface area (Å²) in [6, 6.07) is 4.80. The molecular formula is C11H14Cl2N2O. The number of benzene rings is 1. The second-order valence-corrected chi connectivity index (χ2v) is 4.39. The molecule has 0 aromatic heterocycles. The highest BCUT2D eigenvalue weighted by molar-refractivity contribution is 6.36. The van der Waals surface area contributed by atoms with Crippen LogP contribution in [0.2, 0.25) is 10.0 Å². The van der Waals surface area contributed by atoms with Crippen LogP contribution in [0.1, 0.15) is 19.8 Å². The van der Waals surface area contributed by atoms with Crippen molar-refractivity contribution in [2.24, 2.45) is 5.73 Å². The van der Waals surface area contributed by atoms with Crippen LogP contribution >= 0.6 is 23.2 Å². The van der Waals surface area contributed by atoms with Crippen LogP contribution in [0.4, 0.5) is 5.69 Å². The largest absolute Gasteiger partial charge is 0.327 e. The summed E-state index contributed by atoms with van der Waals surface area (Å²) in [6.07, 6.45) is 1.05. The van der Waals surface area contributed by atoms with Crippen molar-refractivity contribution in [1.29, 1.82) is 0 Å². The zero-order valence-corrected chi connectivity index (χ0v) is 10.5. The molecule has 0 radical (unpaired) electrons. The predicted octanol–water partition coefficient (Wildman–Crippen LogP) is 3.06. The smallest absolute Gasteiger partial charge is 0.225 e. The summed E-state index contributed by atoms with van der Waals surface area (Å²) in [4.78, 5) is 11.5. The fraction of sp³-hybridized carbons (Fsp3) is 0.364. The normalized spacial score (nSPS) is 12.2. The Morgan fingerprint density at radius 2 is 2.19 bits per heavy atom. The molecular weight excluding hydrogens is 247 g/mol. The zero-order chi connectivity index (χ0) is 12.1. The van der Waals surface area contributed by atoms with Crippen molar-refractivity contribution in [3.63, 3.8) is 0 Å². The molecule has 16 heavy (non-hydrogen) atoms. The van der Waals surface area contributed by atoms with E-state index >= 15 is 0 Å². The number of nitrogens with one attached hydrogen (secondary N) is 1. The van der Waals surface area contributed by atoms with Gasteiger partial charge in [0.1, 0.15) is 0 Å². The first-order chi connectivity index (χ1) is 7.52. The number of amides is 1. The van der Waals surface area contributed by atoms with Gasteiger partial charge in [-0.15, -0.1) is 0 Å². The van der Waals surface area contributed by atoms with Crippen LogP contribution in [0.3, 0.4) is 0 Å². The van der Waals surface area contributed by atoms with Crippen LogP contribution in [-0.4, -0.2) is 11.9 Å². The minimum Gasteiger partial charge on any atom is -0.327 e. The summed E-state index contributed by atoms with van der Waals surface area (Å²) in [6.45, 7) is 1.94. The molecule has 1 amide bonds. The molecule has 0 aliphatic rings. The highest BCUT2D eigenvalue weighted by Gasteiger charge is 2.09. The average molecular weight is 261 g/mol. The lowest BCUT2D eigenvalue weighted by molar-refractivity contribution is -0.116. The van der Waals surface area contributed by atoms with Crippen LogP contribution < -0.4 is 11.1 Å². The third-order valence-electron chi connectivity index (χ3n) is 2.18. The summed E-state index contributed by atoms with van der Waals surface area (Å²) in [5, 5.41) is 3.65. The fourth-order valence-corrected chi connectivity index (χ4v) is 1.63. The molecule has 0 fully saturated rings. The number of carbonyl (C=O) groups is 1. The first-order valence-electron chi connectivity index (χ1n) is 5.03. The highest BCUT2D eigenvalue weighted by atomic mass is 35.5. The average Bonchev–Trinajstić information content (AvgIpc) is 2.22. The molecule has 3 N–H and O–H groups in total. The van der Waals surface area contributed by atoms with Gasteiger partial charge in [-0.2, -0.15) is 0 Å². The van der Waals surface area contributed by atoms with Gasteiger partial charge in [-0.1, -0.05) is 30.1 Å². The molecule has 0 saturated heterocycles. The van der Waals surface area contributed by atoms with Gasteiger partial charge in [-0.05, 0) is 24.6 Å². The van der Waals surface area contributed by atoms with Crippen LogP contribution in [0.5, 0.6) is 0 Å². The SMILES string of the molecule is CCC(N)CC(=O)Nc1ccc(Cl)cc1Cl. The summed E-state index contributed by atoms with van der Waals surface area (Å²) in [5.74, 6) is -0.140. The predicted molar refractivity (Wildman–Crippen MR) is 68.0 cm³/mol.